The molecule has 0 atom stereocenters. The molecular formula is C7H11Li. The molecule has 0 fully saturated rings. The van der Waals surface area contributed by atoms with Crippen molar-refractivity contribution in [3.63, 3.8) is 0 Å². The summed E-state index contributed by atoms with van der Waals surface area (Å²) in [6.45, 7) is 0. The summed E-state index contributed by atoms with van der Waals surface area (Å²) in [5.41, 5.74) is 0. The topological polar surface area (TPSA) is 0 Å². The summed E-state index contributed by atoms with van der Waals surface area (Å²) in [6.07, 6.45) is 12.5. The first-order valence-electron chi connectivity index (χ1n) is 2.82. The SMILES string of the molecule is C1=CCCCC=C1.[H-].[Li+]. The van der Waals surface area contributed by atoms with E-state index in [1.54, 1.807) is 0 Å². The van der Waals surface area contributed by atoms with E-state index in [9.17, 15) is 0 Å². The molecule has 0 radical (unpaired) electrons. The third-order valence-electron chi connectivity index (χ3n) is 1.12. The van der Waals surface area contributed by atoms with Crippen molar-refractivity contribution in [1.29, 1.82) is 0 Å². The minimum atomic E-state index is 0. The second-order valence-electron chi connectivity index (χ2n) is 1.79. The van der Waals surface area contributed by atoms with Crippen molar-refractivity contribution >= 4 is 0 Å². The third kappa shape index (κ3) is 3.13. The molecule has 0 N–H and O–H groups in total. The maximum absolute atomic E-state index is 2.21. The van der Waals surface area contributed by atoms with Gasteiger partial charge in [0.2, 0.25) is 0 Å². The Hall–Kier alpha value is 0.0774. The summed E-state index contributed by atoms with van der Waals surface area (Å²) in [4.78, 5) is 0. The van der Waals surface area contributed by atoms with Crippen LogP contribution in [0.4, 0.5) is 0 Å². The summed E-state index contributed by atoms with van der Waals surface area (Å²) in [5, 5.41) is 0. The molecule has 0 aromatic rings. The van der Waals surface area contributed by atoms with Crippen molar-refractivity contribution in [2.24, 2.45) is 0 Å². The smallest absolute Gasteiger partial charge is 1.00 e. The molecule has 0 saturated heterocycles. The van der Waals surface area contributed by atoms with E-state index in [1.807, 2.05) is 0 Å². The second kappa shape index (κ2) is 5.22. The van der Waals surface area contributed by atoms with E-state index in [0.29, 0.717) is 0 Å². The fraction of sp³-hybridized carbons (Fsp3) is 0.429. The van der Waals surface area contributed by atoms with Gasteiger partial charge in [-0.25, -0.2) is 0 Å². The predicted octanol–water partition coefficient (Wildman–Crippen LogP) is -0.601. The van der Waals surface area contributed by atoms with E-state index in [1.165, 1.54) is 19.3 Å². The normalized spacial score (nSPS) is 17.0. The van der Waals surface area contributed by atoms with Crippen LogP contribution in [0.25, 0.3) is 0 Å². The van der Waals surface area contributed by atoms with E-state index in [4.69, 9.17) is 0 Å². The zero-order valence-electron chi connectivity index (χ0n) is 6.43. The van der Waals surface area contributed by atoms with Gasteiger partial charge in [0.25, 0.3) is 0 Å². The first-order valence-corrected chi connectivity index (χ1v) is 2.82. The average Bonchev–Trinajstić information content (AvgIpc) is 1.90. The number of hydrogen-bond donors (Lipinski definition) is 0. The third-order valence-corrected chi connectivity index (χ3v) is 1.12. The molecule has 8 heavy (non-hydrogen) atoms. The summed E-state index contributed by atoms with van der Waals surface area (Å²) in [5.74, 6) is 0. The van der Waals surface area contributed by atoms with Crippen LogP contribution in [0.1, 0.15) is 20.7 Å². The molecule has 1 heteroatoms. The summed E-state index contributed by atoms with van der Waals surface area (Å²) < 4.78 is 0. The molecule has 1 aliphatic rings. The Balaban J connectivity index is 0. The number of rotatable bonds is 0. The van der Waals surface area contributed by atoms with Gasteiger partial charge in [0.05, 0.1) is 0 Å². The van der Waals surface area contributed by atoms with Crippen LogP contribution in [0.15, 0.2) is 24.3 Å². The van der Waals surface area contributed by atoms with Gasteiger partial charge in [-0.2, -0.15) is 0 Å². The van der Waals surface area contributed by atoms with Gasteiger partial charge in [0.1, 0.15) is 0 Å². The van der Waals surface area contributed by atoms with E-state index < -0.39 is 0 Å². The molecule has 1 aliphatic carbocycles. The molecule has 0 nitrogen and oxygen atoms in total. The van der Waals surface area contributed by atoms with Gasteiger partial charge in [0, 0.05) is 0 Å². The van der Waals surface area contributed by atoms with Crippen molar-refractivity contribution in [3.05, 3.63) is 24.3 Å². The Labute approximate surface area is 64.3 Å². The Morgan fingerprint density at radius 2 is 1.50 bits per heavy atom. The number of hydrogen-bond acceptors (Lipinski definition) is 0. The van der Waals surface area contributed by atoms with Crippen LogP contribution in [-0.2, 0) is 0 Å². The molecule has 0 heterocycles. The van der Waals surface area contributed by atoms with Gasteiger partial charge in [-0.05, 0) is 19.3 Å². The van der Waals surface area contributed by atoms with Crippen molar-refractivity contribution in [3.8, 4) is 0 Å². The zero-order valence-corrected chi connectivity index (χ0v) is 5.43. The monoisotopic (exact) mass is 102 g/mol. The molecule has 0 aromatic heterocycles. The molecule has 0 spiro atoms. The van der Waals surface area contributed by atoms with Gasteiger partial charge in [-0.3, -0.25) is 0 Å². The summed E-state index contributed by atoms with van der Waals surface area (Å²) >= 11 is 0. The first kappa shape index (κ1) is 8.08. The minimum Gasteiger partial charge on any atom is -1.00 e. The molecule has 0 bridgehead atoms. The molecule has 0 saturated carbocycles. The van der Waals surface area contributed by atoms with Crippen LogP contribution in [0.3, 0.4) is 0 Å². The minimum absolute atomic E-state index is 0. The maximum Gasteiger partial charge on any atom is 1.00 e. The molecule has 0 unspecified atom stereocenters. The van der Waals surface area contributed by atoms with Crippen molar-refractivity contribution in [1.82, 2.24) is 0 Å². The van der Waals surface area contributed by atoms with Crippen molar-refractivity contribution in [2.45, 2.75) is 19.3 Å². The van der Waals surface area contributed by atoms with Gasteiger partial charge in [0.15, 0.2) is 0 Å². The van der Waals surface area contributed by atoms with Crippen molar-refractivity contribution in [2.75, 3.05) is 0 Å². The molecule has 40 valence electrons. The Morgan fingerprint density at radius 3 is 2.00 bits per heavy atom. The average molecular weight is 102 g/mol. The molecule has 0 aliphatic heterocycles. The summed E-state index contributed by atoms with van der Waals surface area (Å²) in [6, 6.07) is 0. The first-order chi connectivity index (χ1) is 3.50. The van der Waals surface area contributed by atoms with Crippen molar-refractivity contribution < 1.29 is 20.3 Å². The van der Waals surface area contributed by atoms with E-state index in [0.717, 1.165) is 0 Å². The quantitative estimate of drug-likeness (QED) is 0.358. The summed E-state index contributed by atoms with van der Waals surface area (Å²) in [7, 11) is 0. The van der Waals surface area contributed by atoms with Crippen LogP contribution in [0, 0.1) is 0 Å². The van der Waals surface area contributed by atoms with Gasteiger partial charge >= 0.3 is 18.9 Å². The van der Waals surface area contributed by atoms with Gasteiger partial charge < -0.3 is 1.43 Å². The largest absolute Gasteiger partial charge is 1.00 e. The molecule has 1 rings (SSSR count). The molecule has 0 aromatic carbocycles. The fourth-order valence-electron chi connectivity index (χ4n) is 0.703. The zero-order chi connectivity index (χ0) is 4.95. The fourth-order valence-corrected chi connectivity index (χ4v) is 0.703. The van der Waals surface area contributed by atoms with Crippen LogP contribution < -0.4 is 18.9 Å². The van der Waals surface area contributed by atoms with Crippen LogP contribution in [0.5, 0.6) is 0 Å². The standard InChI is InChI=1S/C7H10.Li.H/c1-2-4-6-7-5-3-1;;/h1-4H,5-7H2;;/q;+1;-1. The van der Waals surface area contributed by atoms with E-state index in [2.05, 4.69) is 24.3 Å². The Kier molecular flexibility index (Phi) is 5.27. The van der Waals surface area contributed by atoms with Crippen LogP contribution in [0.2, 0.25) is 0 Å². The second-order valence-corrected chi connectivity index (χ2v) is 1.79. The van der Waals surface area contributed by atoms with Crippen LogP contribution in [-0.4, -0.2) is 0 Å². The Bertz CT molecular complexity index is 85.1. The van der Waals surface area contributed by atoms with Gasteiger partial charge in [-0.15, -0.1) is 0 Å². The van der Waals surface area contributed by atoms with E-state index >= 15 is 0 Å². The number of allylic oxidation sites excluding steroid dienone is 4. The maximum atomic E-state index is 2.21. The van der Waals surface area contributed by atoms with Gasteiger partial charge in [-0.1, -0.05) is 24.3 Å². The van der Waals surface area contributed by atoms with Crippen LogP contribution >= 0.6 is 0 Å². The molecule has 0 amide bonds. The molecular weight excluding hydrogens is 91.0 g/mol. The Morgan fingerprint density at radius 1 is 1.00 bits per heavy atom. The predicted molar refractivity (Wildman–Crippen MR) is 33.2 cm³/mol. The van der Waals surface area contributed by atoms with E-state index in [-0.39, 0.29) is 20.3 Å².